The Hall–Kier alpha value is -2.99. The quantitative estimate of drug-likeness (QED) is 0.739. The van der Waals surface area contributed by atoms with Gasteiger partial charge in [-0.1, -0.05) is 26.5 Å². The zero-order valence-electron chi connectivity index (χ0n) is 19.5. The summed E-state index contributed by atoms with van der Waals surface area (Å²) in [5, 5.41) is 0. The molecule has 2 aromatic rings. The predicted octanol–water partition coefficient (Wildman–Crippen LogP) is 4.12. The van der Waals surface area contributed by atoms with Crippen molar-refractivity contribution in [1.29, 1.82) is 0 Å². The van der Waals surface area contributed by atoms with Gasteiger partial charge in [0.05, 0.1) is 19.8 Å². The molecule has 164 valence electrons. The molecule has 0 bridgehead atoms. The molecule has 0 atom stereocenters. The van der Waals surface area contributed by atoms with Crippen LogP contribution in [0.1, 0.15) is 37.5 Å². The van der Waals surface area contributed by atoms with Crippen LogP contribution in [-0.2, 0) is 13.6 Å². The second-order valence-corrected chi connectivity index (χ2v) is 6.98. The van der Waals surface area contributed by atoms with E-state index in [2.05, 4.69) is 6.58 Å². The first-order valence-corrected chi connectivity index (χ1v) is 9.93. The topological polar surface area (TPSA) is 69.7 Å². The summed E-state index contributed by atoms with van der Waals surface area (Å²) in [6.45, 7) is 10.3. The molecule has 2 N–H and O–H groups in total. The number of nitrogens with two attached hydrogens (primary N) is 1. The minimum atomic E-state index is -0.133. The molecule has 6 heteroatoms. The Morgan fingerprint density at radius 3 is 2.10 bits per heavy atom. The van der Waals surface area contributed by atoms with Gasteiger partial charge in [-0.05, 0) is 50.4 Å². The highest BCUT2D eigenvalue weighted by Crippen LogP contribution is 2.37. The normalized spacial score (nSPS) is 11.0. The maximum Gasteiger partial charge on any atom is 0.258 e. The minimum absolute atomic E-state index is 0.133. The van der Waals surface area contributed by atoms with Crippen LogP contribution in [0.25, 0.3) is 23.3 Å². The monoisotopic (exact) mass is 413 g/mol. The van der Waals surface area contributed by atoms with Crippen molar-refractivity contribution in [3.05, 3.63) is 57.6 Å². The van der Waals surface area contributed by atoms with Crippen molar-refractivity contribution >= 4 is 12.2 Å². The number of allylic oxidation sites excluding steroid dienone is 1. The molecule has 1 aromatic heterocycles. The van der Waals surface area contributed by atoms with Crippen molar-refractivity contribution < 1.29 is 9.47 Å². The zero-order chi connectivity index (χ0) is 23.0. The molecule has 0 radical (unpaired) electrons. The van der Waals surface area contributed by atoms with Crippen LogP contribution in [-0.4, -0.2) is 37.8 Å². The van der Waals surface area contributed by atoms with Crippen molar-refractivity contribution in [2.75, 3.05) is 28.3 Å². The molecular weight excluding hydrogens is 378 g/mol. The largest absolute Gasteiger partial charge is 0.496 e. The fraction of sp³-hybridized carbons (Fsp3) is 0.375. The molecule has 0 aliphatic rings. The third kappa shape index (κ3) is 5.54. The van der Waals surface area contributed by atoms with E-state index in [0.717, 1.165) is 33.8 Å². The molecule has 30 heavy (non-hydrogen) atoms. The smallest absolute Gasteiger partial charge is 0.258 e. The molecule has 0 aliphatic heterocycles. The van der Waals surface area contributed by atoms with Crippen molar-refractivity contribution in [2.24, 2.45) is 12.8 Å². The standard InChI is InChI=1S/C22H29N3O3.C2H6/c1-8-16-17(9-14(2)23)22(26)25(5)13-18(16)15-10-20(27-6)19(12-24(3)4)21(11-15)28-7;1-2/h8-11,13H,1,12,23H2,2-7H3;1-2H3/b14-9+;. The maximum absolute atomic E-state index is 12.6. The SMILES string of the molecule is C=Cc1c(-c2cc(OC)c(CN(C)C)c(OC)c2)cn(C)c(=O)c1/C=C(\C)N.CC. The summed E-state index contributed by atoms with van der Waals surface area (Å²) in [5.41, 5.74) is 10.2. The van der Waals surface area contributed by atoms with Crippen molar-refractivity contribution in [1.82, 2.24) is 9.47 Å². The van der Waals surface area contributed by atoms with Gasteiger partial charge in [-0.2, -0.15) is 0 Å². The van der Waals surface area contributed by atoms with E-state index in [9.17, 15) is 4.79 Å². The minimum Gasteiger partial charge on any atom is -0.496 e. The molecule has 0 unspecified atom stereocenters. The number of ether oxygens (including phenoxy) is 2. The van der Waals surface area contributed by atoms with E-state index in [1.807, 2.05) is 45.0 Å². The van der Waals surface area contributed by atoms with Crippen LogP contribution in [0.3, 0.4) is 0 Å². The number of methoxy groups -OCH3 is 2. The summed E-state index contributed by atoms with van der Waals surface area (Å²) in [4.78, 5) is 14.7. The van der Waals surface area contributed by atoms with Gasteiger partial charge in [-0.3, -0.25) is 4.79 Å². The number of rotatable bonds is 7. The lowest BCUT2D eigenvalue weighted by molar-refractivity contribution is 0.349. The Balaban J connectivity index is 0.00000218. The lowest BCUT2D eigenvalue weighted by Gasteiger charge is -2.20. The molecule has 0 amide bonds. The molecule has 0 fully saturated rings. The first-order valence-electron chi connectivity index (χ1n) is 9.93. The molecule has 0 saturated heterocycles. The van der Waals surface area contributed by atoms with E-state index in [-0.39, 0.29) is 5.56 Å². The fourth-order valence-corrected chi connectivity index (χ4v) is 3.20. The highest BCUT2D eigenvalue weighted by molar-refractivity contribution is 5.81. The number of hydrogen-bond donors (Lipinski definition) is 1. The van der Waals surface area contributed by atoms with E-state index in [0.29, 0.717) is 17.8 Å². The summed E-state index contributed by atoms with van der Waals surface area (Å²) in [6.07, 6.45) is 5.15. The highest BCUT2D eigenvalue weighted by atomic mass is 16.5. The van der Waals surface area contributed by atoms with E-state index in [1.165, 1.54) is 0 Å². The van der Waals surface area contributed by atoms with Gasteiger partial charge in [0, 0.05) is 36.6 Å². The Bertz CT molecular complexity index is 943. The molecule has 0 aliphatic carbocycles. The third-order valence-corrected chi connectivity index (χ3v) is 4.42. The predicted molar refractivity (Wildman–Crippen MR) is 127 cm³/mol. The van der Waals surface area contributed by atoms with Gasteiger partial charge in [0.1, 0.15) is 11.5 Å². The number of benzene rings is 1. The number of aromatic nitrogens is 1. The van der Waals surface area contributed by atoms with Gasteiger partial charge >= 0.3 is 0 Å². The van der Waals surface area contributed by atoms with Gasteiger partial charge in [0.2, 0.25) is 0 Å². The van der Waals surface area contributed by atoms with Crippen LogP contribution in [0.5, 0.6) is 11.5 Å². The van der Waals surface area contributed by atoms with Crippen molar-refractivity contribution in [3.63, 3.8) is 0 Å². The van der Waals surface area contributed by atoms with Crippen LogP contribution in [0.15, 0.2) is 35.4 Å². The number of nitrogens with zero attached hydrogens (tertiary/aromatic N) is 2. The van der Waals surface area contributed by atoms with E-state index in [1.54, 1.807) is 51.1 Å². The van der Waals surface area contributed by atoms with Gasteiger partial charge in [0.15, 0.2) is 0 Å². The lowest BCUT2D eigenvalue weighted by atomic mass is 9.95. The summed E-state index contributed by atoms with van der Waals surface area (Å²) >= 11 is 0. The average molecular weight is 414 g/mol. The molecular formula is C24H35N3O3. The lowest BCUT2D eigenvalue weighted by Crippen LogP contribution is -2.21. The Labute approximate surface area is 180 Å². The Morgan fingerprint density at radius 1 is 1.17 bits per heavy atom. The molecule has 1 heterocycles. The first kappa shape index (κ1) is 25.0. The Morgan fingerprint density at radius 2 is 1.70 bits per heavy atom. The number of pyridine rings is 1. The average Bonchev–Trinajstić information content (AvgIpc) is 2.72. The second kappa shape index (κ2) is 11.3. The van der Waals surface area contributed by atoms with Gasteiger partial charge < -0.3 is 24.7 Å². The molecule has 0 spiro atoms. The first-order chi connectivity index (χ1) is 14.2. The van der Waals surface area contributed by atoms with Crippen LogP contribution in [0, 0.1) is 0 Å². The number of hydrogen-bond acceptors (Lipinski definition) is 5. The molecule has 6 nitrogen and oxygen atoms in total. The van der Waals surface area contributed by atoms with E-state index in [4.69, 9.17) is 15.2 Å². The molecule has 0 saturated carbocycles. The van der Waals surface area contributed by atoms with Gasteiger partial charge in [-0.25, -0.2) is 0 Å². The fourth-order valence-electron chi connectivity index (χ4n) is 3.20. The Kier molecular flexibility index (Phi) is 9.40. The van der Waals surface area contributed by atoms with Crippen LogP contribution in [0.4, 0.5) is 0 Å². The summed E-state index contributed by atoms with van der Waals surface area (Å²) in [6, 6.07) is 3.91. The van der Waals surface area contributed by atoms with E-state index >= 15 is 0 Å². The van der Waals surface area contributed by atoms with Crippen LogP contribution < -0.4 is 20.8 Å². The molecule has 1 aromatic carbocycles. The second-order valence-electron chi connectivity index (χ2n) is 6.98. The van der Waals surface area contributed by atoms with Crippen LogP contribution >= 0.6 is 0 Å². The number of aryl methyl sites for hydroxylation is 1. The van der Waals surface area contributed by atoms with Crippen molar-refractivity contribution in [3.8, 4) is 22.6 Å². The van der Waals surface area contributed by atoms with Gasteiger partial charge in [-0.15, -0.1) is 0 Å². The van der Waals surface area contributed by atoms with Crippen LogP contribution in [0.2, 0.25) is 0 Å². The summed E-state index contributed by atoms with van der Waals surface area (Å²) in [5.74, 6) is 1.44. The third-order valence-electron chi connectivity index (χ3n) is 4.42. The highest BCUT2D eigenvalue weighted by Gasteiger charge is 2.18. The zero-order valence-corrected chi connectivity index (χ0v) is 19.5. The van der Waals surface area contributed by atoms with Gasteiger partial charge in [0.25, 0.3) is 5.56 Å². The van der Waals surface area contributed by atoms with Crippen molar-refractivity contribution in [2.45, 2.75) is 27.3 Å². The summed E-state index contributed by atoms with van der Waals surface area (Å²) < 4.78 is 12.8. The molecule has 2 rings (SSSR count). The van der Waals surface area contributed by atoms with E-state index < -0.39 is 0 Å². The maximum atomic E-state index is 12.6. The summed E-state index contributed by atoms with van der Waals surface area (Å²) in [7, 11) is 8.97.